The monoisotopic (exact) mass is 170 g/mol. The first-order chi connectivity index (χ1) is 5.74. The molecule has 1 aliphatic heterocycles. The van der Waals surface area contributed by atoms with Gasteiger partial charge in [-0.1, -0.05) is 6.92 Å². The van der Waals surface area contributed by atoms with Crippen LogP contribution in [-0.4, -0.2) is 36.6 Å². The molecule has 0 saturated carbocycles. The predicted molar refractivity (Wildman–Crippen MR) is 53.4 cm³/mol. The van der Waals surface area contributed by atoms with Gasteiger partial charge in [-0.2, -0.15) is 0 Å². The molecule has 0 radical (unpaired) electrons. The molecule has 2 nitrogen and oxygen atoms in total. The van der Waals surface area contributed by atoms with Gasteiger partial charge in [0.1, 0.15) is 0 Å². The van der Waals surface area contributed by atoms with Crippen LogP contribution in [0.5, 0.6) is 0 Å². The molecule has 0 bridgehead atoms. The predicted octanol–water partition coefficient (Wildman–Crippen LogP) is 1.47. The van der Waals surface area contributed by atoms with Gasteiger partial charge in [-0.15, -0.1) is 0 Å². The Morgan fingerprint density at radius 2 is 1.92 bits per heavy atom. The van der Waals surface area contributed by atoms with E-state index in [9.17, 15) is 0 Å². The van der Waals surface area contributed by atoms with Crippen LogP contribution in [0.1, 0.15) is 33.6 Å². The molecule has 0 aliphatic carbocycles. The van der Waals surface area contributed by atoms with E-state index in [0.29, 0.717) is 0 Å². The van der Waals surface area contributed by atoms with Crippen LogP contribution in [0, 0.1) is 0 Å². The van der Waals surface area contributed by atoms with Gasteiger partial charge in [0, 0.05) is 12.1 Å². The molecule has 0 aromatic carbocycles. The van der Waals surface area contributed by atoms with Gasteiger partial charge in [0.15, 0.2) is 0 Å². The lowest BCUT2D eigenvalue weighted by atomic mass is 10.0. The molecule has 0 spiro atoms. The van der Waals surface area contributed by atoms with Crippen molar-refractivity contribution in [1.29, 1.82) is 0 Å². The van der Waals surface area contributed by atoms with E-state index in [4.69, 9.17) is 0 Å². The molecule has 72 valence electrons. The normalized spacial score (nSPS) is 22.0. The molecule has 1 saturated heterocycles. The quantitative estimate of drug-likeness (QED) is 0.690. The lowest BCUT2D eigenvalue weighted by Crippen LogP contribution is -2.44. The molecule has 1 fully saturated rings. The Kier molecular flexibility index (Phi) is 4.02. The number of nitrogens with zero attached hydrogens (tertiary/aromatic N) is 1. The molecule has 0 aromatic heterocycles. The zero-order valence-corrected chi connectivity index (χ0v) is 8.64. The summed E-state index contributed by atoms with van der Waals surface area (Å²) in [4.78, 5) is 2.56. The van der Waals surface area contributed by atoms with Gasteiger partial charge >= 0.3 is 0 Å². The second kappa shape index (κ2) is 4.83. The summed E-state index contributed by atoms with van der Waals surface area (Å²) in [5.41, 5.74) is 0. The summed E-state index contributed by atoms with van der Waals surface area (Å²) in [5, 5.41) is 3.52. The second-order valence-corrected chi connectivity index (χ2v) is 3.96. The van der Waals surface area contributed by atoms with Gasteiger partial charge in [0.05, 0.1) is 0 Å². The van der Waals surface area contributed by atoms with Crippen LogP contribution in [0.25, 0.3) is 0 Å². The maximum atomic E-state index is 3.52. The van der Waals surface area contributed by atoms with Crippen molar-refractivity contribution in [2.24, 2.45) is 0 Å². The minimum Gasteiger partial charge on any atom is -0.314 e. The van der Waals surface area contributed by atoms with E-state index in [1.54, 1.807) is 0 Å². The van der Waals surface area contributed by atoms with Gasteiger partial charge in [0.25, 0.3) is 0 Å². The Bertz CT molecular complexity index is 115. The highest BCUT2D eigenvalue weighted by Crippen LogP contribution is 2.12. The van der Waals surface area contributed by atoms with Crippen LogP contribution in [0.15, 0.2) is 0 Å². The summed E-state index contributed by atoms with van der Waals surface area (Å²) < 4.78 is 0. The highest BCUT2D eigenvalue weighted by molar-refractivity contribution is 4.78. The van der Waals surface area contributed by atoms with Gasteiger partial charge in [-0.3, -0.25) is 0 Å². The van der Waals surface area contributed by atoms with Crippen molar-refractivity contribution in [1.82, 2.24) is 10.2 Å². The fraction of sp³-hybridized carbons (Fsp3) is 1.00. The molecular formula is C10H22N2. The lowest BCUT2D eigenvalue weighted by molar-refractivity contribution is 0.162. The summed E-state index contributed by atoms with van der Waals surface area (Å²) in [6.07, 6.45) is 2.65. The van der Waals surface area contributed by atoms with Crippen molar-refractivity contribution in [3.8, 4) is 0 Å². The third kappa shape index (κ3) is 2.76. The van der Waals surface area contributed by atoms with Crippen molar-refractivity contribution < 1.29 is 0 Å². The standard InChI is InChI=1S/C10H22N2/c1-4-11-10-5-7-12(8-6-10)9(2)3/h9-11H,4-8H2,1-3H3. The van der Waals surface area contributed by atoms with E-state index in [-0.39, 0.29) is 0 Å². The number of likely N-dealkylation sites (tertiary alicyclic amines) is 1. The molecule has 0 aromatic rings. The molecule has 12 heavy (non-hydrogen) atoms. The Labute approximate surface area is 76.3 Å². The van der Waals surface area contributed by atoms with Crippen molar-refractivity contribution in [3.05, 3.63) is 0 Å². The molecule has 0 amide bonds. The number of nitrogens with one attached hydrogen (secondary N) is 1. The highest BCUT2D eigenvalue weighted by atomic mass is 15.2. The van der Waals surface area contributed by atoms with E-state index < -0.39 is 0 Å². The highest BCUT2D eigenvalue weighted by Gasteiger charge is 2.19. The maximum absolute atomic E-state index is 3.52. The zero-order chi connectivity index (χ0) is 8.97. The first-order valence-corrected chi connectivity index (χ1v) is 5.21. The van der Waals surface area contributed by atoms with Gasteiger partial charge in [0.2, 0.25) is 0 Å². The molecule has 1 N–H and O–H groups in total. The summed E-state index contributed by atoms with van der Waals surface area (Å²) in [6, 6.07) is 1.51. The van der Waals surface area contributed by atoms with Crippen LogP contribution in [-0.2, 0) is 0 Å². The van der Waals surface area contributed by atoms with Crippen molar-refractivity contribution >= 4 is 0 Å². The molecule has 0 unspecified atom stereocenters. The smallest absolute Gasteiger partial charge is 0.00912 e. The first kappa shape index (κ1) is 10.0. The SMILES string of the molecule is CCNC1CCN(C(C)C)CC1. The Hall–Kier alpha value is -0.0800. The third-order valence-electron chi connectivity index (χ3n) is 2.75. The molecule has 1 heterocycles. The van der Waals surface area contributed by atoms with E-state index in [1.807, 2.05) is 0 Å². The van der Waals surface area contributed by atoms with Crippen LogP contribution >= 0.6 is 0 Å². The third-order valence-corrected chi connectivity index (χ3v) is 2.75. The first-order valence-electron chi connectivity index (χ1n) is 5.21. The average Bonchev–Trinajstić information content (AvgIpc) is 2.06. The van der Waals surface area contributed by atoms with Gasteiger partial charge < -0.3 is 10.2 Å². The number of hydrogen-bond donors (Lipinski definition) is 1. The molecule has 2 heteroatoms. The summed E-state index contributed by atoms with van der Waals surface area (Å²) in [6.45, 7) is 10.4. The fourth-order valence-corrected chi connectivity index (χ4v) is 1.91. The second-order valence-electron chi connectivity index (χ2n) is 3.96. The molecular weight excluding hydrogens is 148 g/mol. The van der Waals surface area contributed by atoms with Crippen molar-refractivity contribution in [2.45, 2.75) is 45.7 Å². The largest absolute Gasteiger partial charge is 0.314 e. The molecule has 0 atom stereocenters. The van der Waals surface area contributed by atoms with Crippen LogP contribution in [0.3, 0.4) is 0 Å². The Balaban J connectivity index is 2.20. The topological polar surface area (TPSA) is 15.3 Å². The van der Waals surface area contributed by atoms with Gasteiger partial charge in [-0.25, -0.2) is 0 Å². The zero-order valence-electron chi connectivity index (χ0n) is 8.64. The van der Waals surface area contributed by atoms with E-state index in [1.165, 1.54) is 25.9 Å². The van der Waals surface area contributed by atoms with Gasteiger partial charge in [-0.05, 0) is 46.3 Å². The number of piperidine rings is 1. The molecule has 1 rings (SSSR count). The van der Waals surface area contributed by atoms with Crippen molar-refractivity contribution in [2.75, 3.05) is 19.6 Å². The summed E-state index contributed by atoms with van der Waals surface area (Å²) in [5.74, 6) is 0. The molecule has 1 aliphatic rings. The van der Waals surface area contributed by atoms with E-state index >= 15 is 0 Å². The number of hydrogen-bond acceptors (Lipinski definition) is 2. The average molecular weight is 170 g/mol. The van der Waals surface area contributed by atoms with Crippen LogP contribution in [0.4, 0.5) is 0 Å². The summed E-state index contributed by atoms with van der Waals surface area (Å²) >= 11 is 0. The minimum atomic E-state index is 0.729. The maximum Gasteiger partial charge on any atom is 0.00912 e. The van der Waals surface area contributed by atoms with Crippen LogP contribution < -0.4 is 5.32 Å². The Morgan fingerprint density at radius 3 is 2.33 bits per heavy atom. The number of rotatable bonds is 3. The van der Waals surface area contributed by atoms with E-state index in [2.05, 4.69) is 31.0 Å². The van der Waals surface area contributed by atoms with Crippen molar-refractivity contribution in [3.63, 3.8) is 0 Å². The fourth-order valence-electron chi connectivity index (χ4n) is 1.91. The van der Waals surface area contributed by atoms with Crippen LogP contribution in [0.2, 0.25) is 0 Å². The minimum absolute atomic E-state index is 0.729. The van der Waals surface area contributed by atoms with E-state index in [0.717, 1.165) is 18.6 Å². The lowest BCUT2D eigenvalue weighted by Gasteiger charge is -2.34. The summed E-state index contributed by atoms with van der Waals surface area (Å²) in [7, 11) is 0. The Morgan fingerprint density at radius 1 is 1.33 bits per heavy atom.